The van der Waals surface area contributed by atoms with E-state index < -0.39 is 0 Å². The largest absolute Gasteiger partial charge is 0.304 e. The Kier molecular flexibility index (Phi) is 2.18. The Hall–Kier alpha value is -0.370. The first-order valence-corrected chi connectivity index (χ1v) is 5.04. The van der Waals surface area contributed by atoms with E-state index in [9.17, 15) is 4.79 Å². The van der Waals surface area contributed by atoms with Crippen molar-refractivity contribution in [1.29, 1.82) is 0 Å². The van der Waals surface area contributed by atoms with Crippen LogP contribution in [0.1, 0.15) is 39.0 Å². The smallest absolute Gasteiger partial charge is 0.146 e. The average Bonchev–Trinajstić information content (AvgIpc) is 2.46. The normalized spacial score (nSPS) is 40.9. The van der Waals surface area contributed by atoms with Gasteiger partial charge in [-0.05, 0) is 32.1 Å². The Morgan fingerprint density at radius 1 is 1.33 bits per heavy atom. The first-order chi connectivity index (χ1) is 5.77. The van der Waals surface area contributed by atoms with E-state index in [0.717, 1.165) is 12.3 Å². The summed E-state index contributed by atoms with van der Waals surface area (Å²) in [6.45, 7) is 1.70. The van der Waals surface area contributed by atoms with Crippen molar-refractivity contribution < 1.29 is 4.79 Å². The van der Waals surface area contributed by atoms with Crippen molar-refractivity contribution in [3.05, 3.63) is 0 Å². The molecule has 1 heterocycles. The Morgan fingerprint density at radius 2 is 2.08 bits per heavy atom. The third-order valence-electron chi connectivity index (χ3n) is 3.35. The van der Waals surface area contributed by atoms with Crippen LogP contribution in [-0.4, -0.2) is 17.9 Å². The number of hydrogen-bond acceptors (Lipinski definition) is 2. The number of nitrogens with one attached hydrogen (secondary N) is 1. The highest BCUT2D eigenvalue weighted by molar-refractivity contribution is 5.81. The highest BCUT2D eigenvalue weighted by Gasteiger charge is 2.36. The lowest BCUT2D eigenvalue weighted by molar-refractivity contribution is -0.118. The summed E-state index contributed by atoms with van der Waals surface area (Å²) in [6.07, 6.45) is 6.43. The summed E-state index contributed by atoms with van der Waals surface area (Å²) >= 11 is 0. The quantitative estimate of drug-likeness (QED) is 0.641. The molecular formula is C10H17NO. The van der Waals surface area contributed by atoms with E-state index in [2.05, 4.69) is 5.32 Å². The van der Waals surface area contributed by atoms with Crippen LogP contribution in [-0.2, 0) is 4.79 Å². The molecule has 1 saturated carbocycles. The minimum Gasteiger partial charge on any atom is -0.304 e. The van der Waals surface area contributed by atoms with Gasteiger partial charge < -0.3 is 5.32 Å². The van der Waals surface area contributed by atoms with E-state index in [4.69, 9.17) is 0 Å². The molecular weight excluding hydrogens is 150 g/mol. The standard InChI is InChI=1S/C10H17NO/c1-7(12)10-6-8-4-2-3-5-9(8)11-10/h8-11H,2-6H2,1H3/t8-,9-,10?/m0/s1. The molecule has 12 heavy (non-hydrogen) atoms. The number of fused-ring (bicyclic) bond motifs is 1. The summed E-state index contributed by atoms with van der Waals surface area (Å²) in [5.74, 6) is 1.12. The molecule has 0 aromatic rings. The number of carbonyl (C=O) groups is 1. The van der Waals surface area contributed by atoms with Gasteiger partial charge in [-0.25, -0.2) is 0 Å². The maximum absolute atomic E-state index is 11.1. The minimum atomic E-state index is 0.179. The number of rotatable bonds is 1. The van der Waals surface area contributed by atoms with Crippen molar-refractivity contribution in [3.63, 3.8) is 0 Å². The second-order valence-corrected chi connectivity index (χ2v) is 4.22. The van der Waals surface area contributed by atoms with Crippen LogP contribution in [0.15, 0.2) is 0 Å². The van der Waals surface area contributed by atoms with Crippen molar-refractivity contribution in [2.75, 3.05) is 0 Å². The molecule has 0 amide bonds. The number of ketones is 1. The van der Waals surface area contributed by atoms with Gasteiger partial charge in [-0.15, -0.1) is 0 Å². The highest BCUT2D eigenvalue weighted by Crippen LogP contribution is 2.33. The van der Waals surface area contributed by atoms with Crippen LogP contribution in [0.25, 0.3) is 0 Å². The van der Waals surface area contributed by atoms with Gasteiger partial charge in [-0.1, -0.05) is 12.8 Å². The van der Waals surface area contributed by atoms with Gasteiger partial charge in [0.1, 0.15) is 5.78 Å². The molecule has 68 valence electrons. The van der Waals surface area contributed by atoms with Crippen LogP contribution in [0.4, 0.5) is 0 Å². The maximum atomic E-state index is 11.1. The molecule has 2 fully saturated rings. The molecule has 1 unspecified atom stereocenters. The monoisotopic (exact) mass is 167 g/mol. The van der Waals surface area contributed by atoms with Gasteiger partial charge in [0, 0.05) is 6.04 Å². The Morgan fingerprint density at radius 3 is 2.75 bits per heavy atom. The fourth-order valence-corrected chi connectivity index (χ4v) is 2.62. The van der Waals surface area contributed by atoms with Gasteiger partial charge in [-0.3, -0.25) is 4.79 Å². The lowest BCUT2D eigenvalue weighted by atomic mass is 9.85. The molecule has 2 rings (SSSR count). The van der Waals surface area contributed by atoms with Crippen molar-refractivity contribution in [1.82, 2.24) is 5.32 Å². The number of carbonyl (C=O) groups excluding carboxylic acids is 1. The molecule has 1 aliphatic heterocycles. The molecule has 1 N–H and O–H groups in total. The molecule has 1 aliphatic carbocycles. The second-order valence-electron chi connectivity index (χ2n) is 4.22. The predicted molar refractivity (Wildman–Crippen MR) is 48.0 cm³/mol. The van der Waals surface area contributed by atoms with Crippen LogP contribution < -0.4 is 5.32 Å². The van der Waals surface area contributed by atoms with Gasteiger partial charge in [0.2, 0.25) is 0 Å². The summed E-state index contributed by atoms with van der Waals surface area (Å²) in [5, 5.41) is 3.44. The molecule has 2 heteroatoms. The first-order valence-electron chi connectivity index (χ1n) is 5.04. The van der Waals surface area contributed by atoms with Crippen molar-refractivity contribution in [3.8, 4) is 0 Å². The lowest BCUT2D eigenvalue weighted by Crippen LogP contribution is -2.36. The van der Waals surface area contributed by atoms with Gasteiger partial charge in [-0.2, -0.15) is 0 Å². The van der Waals surface area contributed by atoms with E-state index in [1.165, 1.54) is 25.7 Å². The fraction of sp³-hybridized carbons (Fsp3) is 0.900. The topological polar surface area (TPSA) is 29.1 Å². The van der Waals surface area contributed by atoms with E-state index in [0.29, 0.717) is 11.8 Å². The molecule has 2 nitrogen and oxygen atoms in total. The predicted octanol–water partition coefficient (Wildman–Crippen LogP) is 1.50. The molecule has 3 atom stereocenters. The van der Waals surface area contributed by atoms with Gasteiger partial charge >= 0.3 is 0 Å². The third-order valence-corrected chi connectivity index (χ3v) is 3.35. The van der Waals surface area contributed by atoms with Crippen molar-refractivity contribution >= 4 is 5.78 Å². The van der Waals surface area contributed by atoms with Crippen molar-refractivity contribution in [2.45, 2.75) is 51.1 Å². The van der Waals surface area contributed by atoms with E-state index in [1.807, 2.05) is 0 Å². The third kappa shape index (κ3) is 1.40. The van der Waals surface area contributed by atoms with Crippen LogP contribution in [0.5, 0.6) is 0 Å². The molecule has 1 saturated heterocycles. The Labute approximate surface area is 73.7 Å². The summed E-state index contributed by atoms with van der Waals surface area (Å²) in [7, 11) is 0. The molecule has 2 aliphatic rings. The molecule has 0 bridgehead atoms. The Bertz CT molecular complexity index is 176. The van der Waals surface area contributed by atoms with Crippen LogP contribution in [0.2, 0.25) is 0 Å². The first kappa shape index (κ1) is 8.24. The zero-order valence-corrected chi connectivity index (χ0v) is 7.68. The zero-order valence-electron chi connectivity index (χ0n) is 7.68. The summed E-state index contributed by atoms with van der Waals surface area (Å²) in [6, 6.07) is 0.839. The van der Waals surface area contributed by atoms with Crippen molar-refractivity contribution in [2.24, 2.45) is 5.92 Å². The van der Waals surface area contributed by atoms with Crippen LogP contribution in [0.3, 0.4) is 0 Å². The number of Topliss-reactive ketones (excluding diaryl/α,β-unsaturated/α-hetero) is 1. The second kappa shape index (κ2) is 3.17. The lowest BCUT2D eigenvalue weighted by Gasteiger charge is -2.24. The van der Waals surface area contributed by atoms with Gasteiger partial charge in [0.05, 0.1) is 6.04 Å². The Balaban J connectivity index is 1.98. The van der Waals surface area contributed by atoms with Gasteiger partial charge in [0.15, 0.2) is 0 Å². The molecule has 0 aromatic heterocycles. The zero-order chi connectivity index (χ0) is 8.55. The van der Waals surface area contributed by atoms with E-state index in [1.54, 1.807) is 6.92 Å². The molecule has 0 radical (unpaired) electrons. The summed E-state index contributed by atoms with van der Waals surface area (Å²) in [4.78, 5) is 11.1. The molecule has 0 spiro atoms. The van der Waals surface area contributed by atoms with Crippen LogP contribution in [0, 0.1) is 5.92 Å². The van der Waals surface area contributed by atoms with E-state index >= 15 is 0 Å². The fourth-order valence-electron chi connectivity index (χ4n) is 2.62. The maximum Gasteiger partial charge on any atom is 0.146 e. The van der Waals surface area contributed by atoms with E-state index in [-0.39, 0.29) is 6.04 Å². The minimum absolute atomic E-state index is 0.179. The summed E-state index contributed by atoms with van der Waals surface area (Å²) < 4.78 is 0. The summed E-state index contributed by atoms with van der Waals surface area (Å²) in [5.41, 5.74) is 0. The van der Waals surface area contributed by atoms with Crippen LogP contribution >= 0.6 is 0 Å². The molecule has 0 aromatic carbocycles. The highest BCUT2D eigenvalue weighted by atomic mass is 16.1. The number of hydrogen-bond donors (Lipinski definition) is 1. The van der Waals surface area contributed by atoms with Gasteiger partial charge in [0.25, 0.3) is 0 Å². The SMILES string of the molecule is CC(=O)C1C[C@@H]2CCCC[C@@H]2N1. The average molecular weight is 167 g/mol.